The van der Waals surface area contributed by atoms with Crippen LogP contribution in [0.25, 0.3) is 5.69 Å². The highest BCUT2D eigenvalue weighted by Crippen LogP contribution is 2.26. The molecule has 1 N–H and O–H groups in total. The number of hydrogen-bond donors (Lipinski definition) is 1. The Kier molecular flexibility index (Phi) is 9.45. The van der Waals surface area contributed by atoms with Crippen molar-refractivity contribution in [3.8, 4) is 5.69 Å². The fourth-order valence-electron chi connectivity index (χ4n) is 4.04. The molecule has 0 saturated heterocycles. The van der Waals surface area contributed by atoms with E-state index in [1.807, 2.05) is 67.6 Å². The van der Waals surface area contributed by atoms with Gasteiger partial charge in [-0.25, -0.2) is 4.68 Å². The number of rotatable bonds is 11. The molecular weight excluding hydrogens is 448 g/mol. The summed E-state index contributed by atoms with van der Waals surface area (Å²) in [6.07, 6.45) is 5.91. The number of unbranched alkanes of at least 4 members (excludes halogenated alkanes) is 3. The van der Waals surface area contributed by atoms with Crippen LogP contribution in [0.4, 0.5) is 5.82 Å². The van der Waals surface area contributed by atoms with Gasteiger partial charge in [-0.2, -0.15) is 5.10 Å². The van der Waals surface area contributed by atoms with Gasteiger partial charge in [0, 0.05) is 23.6 Å². The first kappa shape index (κ1) is 27.2. The standard InChI is InChI=1S/C30H40N4O2/c1-6-8-9-11-14-23-17-19-24(20-18-23)29(36)33(7-2)22-28(35)31-27-21-26(30(3,4)5)32-34(27)25-15-12-10-13-16-25/h10,12-13,15-21H,6-9,11,14,22H2,1-5H3,(H,31,35). The molecular formula is C30H40N4O2. The molecule has 0 unspecified atom stereocenters. The Bertz CT molecular complexity index is 1130. The molecule has 1 heterocycles. The fourth-order valence-corrected chi connectivity index (χ4v) is 4.04. The van der Waals surface area contributed by atoms with Crippen molar-refractivity contribution < 1.29 is 9.59 Å². The first-order chi connectivity index (χ1) is 17.2. The highest BCUT2D eigenvalue weighted by Gasteiger charge is 2.23. The molecule has 192 valence electrons. The number of aryl methyl sites for hydroxylation is 1. The molecule has 6 nitrogen and oxygen atoms in total. The third kappa shape index (κ3) is 7.30. The lowest BCUT2D eigenvalue weighted by Crippen LogP contribution is -2.38. The van der Waals surface area contributed by atoms with Crippen LogP contribution in [0.5, 0.6) is 0 Å². The number of amides is 2. The number of para-hydroxylation sites is 1. The summed E-state index contributed by atoms with van der Waals surface area (Å²) in [5.41, 5.74) is 3.41. The van der Waals surface area contributed by atoms with Crippen molar-refractivity contribution in [2.24, 2.45) is 0 Å². The van der Waals surface area contributed by atoms with Crippen LogP contribution < -0.4 is 5.32 Å². The molecule has 0 aliphatic heterocycles. The zero-order valence-electron chi connectivity index (χ0n) is 22.4. The SMILES string of the molecule is CCCCCCc1ccc(C(=O)N(CC)CC(=O)Nc2cc(C(C)(C)C)nn2-c2ccccc2)cc1. The van der Waals surface area contributed by atoms with E-state index < -0.39 is 0 Å². The van der Waals surface area contributed by atoms with Crippen LogP contribution >= 0.6 is 0 Å². The van der Waals surface area contributed by atoms with Gasteiger partial charge in [0.15, 0.2) is 0 Å². The summed E-state index contributed by atoms with van der Waals surface area (Å²) in [7, 11) is 0. The number of aromatic nitrogens is 2. The number of carbonyl (C=O) groups is 2. The highest BCUT2D eigenvalue weighted by molar-refractivity contribution is 5.99. The van der Waals surface area contributed by atoms with Crippen molar-refractivity contribution in [2.45, 2.75) is 72.1 Å². The smallest absolute Gasteiger partial charge is 0.254 e. The largest absolute Gasteiger partial charge is 0.330 e. The maximum absolute atomic E-state index is 13.1. The van der Waals surface area contributed by atoms with Gasteiger partial charge >= 0.3 is 0 Å². The van der Waals surface area contributed by atoms with Crippen molar-refractivity contribution in [1.82, 2.24) is 14.7 Å². The van der Waals surface area contributed by atoms with Gasteiger partial charge in [0.05, 0.1) is 11.4 Å². The highest BCUT2D eigenvalue weighted by atomic mass is 16.2. The number of benzene rings is 2. The Balaban J connectivity index is 1.69. The summed E-state index contributed by atoms with van der Waals surface area (Å²) in [6, 6.07) is 19.4. The van der Waals surface area contributed by atoms with E-state index >= 15 is 0 Å². The van der Waals surface area contributed by atoms with Crippen molar-refractivity contribution in [3.05, 3.63) is 77.5 Å². The number of hydrogen-bond acceptors (Lipinski definition) is 3. The van der Waals surface area contributed by atoms with E-state index in [-0.39, 0.29) is 23.8 Å². The maximum Gasteiger partial charge on any atom is 0.254 e. The number of nitrogens with one attached hydrogen (secondary N) is 1. The molecule has 0 bridgehead atoms. The molecule has 0 aliphatic carbocycles. The average Bonchev–Trinajstić information content (AvgIpc) is 3.30. The van der Waals surface area contributed by atoms with E-state index in [0.29, 0.717) is 17.9 Å². The third-order valence-electron chi connectivity index (χ3n) is 6.27. The van der Waals surface area contributed by atoms with Gasteiger partial charge in [-0.05, 0) is 49.6 Å². The second-order valence-corrected chi connectivity index (χ2v) is 10.3. The number of nitrogens with zero attached hydrogens (tertiary/aromatic N) is 3. The molecule has 0 saturated carbocycles. The molecule has 6 heteroatoms. The second-order valence-electron chi connectivity index (χ2n) is 10.3. The molecule has 0 atom stereocenters. The van der Waals surface area contributed by atoms with Crippen LogP contribution in [0.1, 0.15) is 81.9 Å². The third-order valence-corrected chi connectivity index (χ3v) is 6.27. The van der Waals surface area contributed by atoms with Gasteiger partial charge in [-0.1, -0.05) is 77.3 Å². The van der Waals surface area contributed by atoms with Crippen LogP contribution in [-0.4, -0.2) is 39.6 Å². The molecule has 0 aliphatic rings. The lowest BCUT2D eigenvalue weighted by molar-refractivity contribution is -0.116. The van der Waals surface area contributed by atoms with Crippen LogP contribution in [0.2, 0.25) is 0 Å². The van der Waals surface area contributed by atoms with Gasteiger partial charge in [0.2, 0.25) is 5.91 Å². The van der Waals surface area contributed by atoms with E-state index in [1.165, 1.54) is 31.2 Å². The summed E-state index contributed by atoms with van der Waals surface area (Å²) in [5.74, 6) is 0.194. The molecule has 0 fully saturated rings. The van der Waals surface area contributed by atoms with E-state index in [0.717, 1.165) is 17.8 Å². The van der Waals surface area contributed by atoms with Crippen molar-refractivity contribution in [1.29, 1.82) is 0 Å². The predicted molar refractivity (Wildman–Crippen MR) is 147 cm³/mol. The number of likely N-dealkylation sites (N-methyl/N-ethyl adjacent to an activating group) is 1. The normalized spacial score (nSPS) is 11.4. The lowest BCUT2D eigenvalue weighted by atomic mass is 9.92. The second kappa shape index (κ2) is 12.5. The topological polar surface area (TPSA) is 67.2 Å². The first-order valence-electron chi connectivity index (χ1n) is 13.1. The van der Waals surface area contributed by atoms with E-state index in [9.17, 15) is 9.59 Å². The Morgan fingerprint density at radius 3 is 2.25 bits per heavy atom. The molecule has 0 radical (unpaired) electrons. The monoisotopic (exact) mass is 488 g/mol. The Morgan fingerprint density at radius 2 is 1.64 bits per heavy atom. The van der Waals surface area contributed by atoms with Gasteiger partial charge in [-0.3, -0.25) is 9.59 Å². The molecule has 1 aromatic heterocycles. The van der Waals surface area contributed by atoms with Crippen molar-refractivity contribution in [2.75, 3.05) is 18.4 Å². The minimum Gasteiger partial charge on any atom is -0.330 e. The summed E-state index contributed by atoms with van der Waals surface area (Å²) in [4.78, 5) is 27.7. The fraction of sp³-hybridized carbons (Fsp3) is 0.433. The molecule has 0 spiro atoms. The minimum atomic E-state index is -0.254. The number of carbonyl (C=O) groups excluding carboxylic acids is 2. The maximum atomic E-state index is 13.1. The van der Waals surface area contributed by atoms with Gasteiger partial charge in [-0.15, -0.1) is 0 Å². The quantitative estimate of drug-likeness (QED) is 0.318. The Labute approximate surface area is 215 Å². The molecule has 2 aromatic carbocycles. The van der Waals surface area contributed by atoms with E-state index in [4.69, 9.17) is 5.10 Å². The van der Waals surface area contributed by atoms with Crippen LogP contribution in [0, 0.1) is 0 Å². The molecule has 3 aromatic rings. The van der Waals surface area contributed by atoms with Crippen molar-refractivity contribution in [3.63, 3.8) is 0 Å². The summed E-state index contributed by atoms with van der Waals surface area (Å²) in [6.45, 7) is 10.8. The van der Waals surface area contributed by atoms with Crippen LogP contribution in [0.15, 0.2) is 60.7 Å². The number of anilines is 1. The van der Waals surface area contributed by atoms with Crippen LogP contribution in [0.3, 0.4) is 0 Å². The van der Waals surface area contributed by atoms with Crippen molar-refractivity contribution >= 4 is 17.6 Å². The minimum absolute atomic E-state index is 0.0288. The van der Waals surface area contributed by atoms with Crippen LogP contribution in [-0.2, 0) is 16.6 Å². The molecule has 36 heavy (non-hydrogen) atoms. The van der Waals surface area contributed by atoms with Gasteiger partial charge in [0.1, 0.15) is 12.4 Å². The first-order valence-corrected chi connectivity index (χ1v) is 13.1. The Hall–Kier alpha value is -3.41. The summed E-state index contributed by atoms with van der Waals surface area (Å²) >= 11 is 0. The van der Waals surface area contributed by atoms with E-state index in [1.54, 1.807) is 9.58 Å². The molecule has 3 rings (SSSR count). The summed E-state index contributed by atoms with van der Waals surface area (Å²) in [5, 5.41) is 7.73. The average molecular weight is 489 g/mol. The zero-order valence-corrected chi connectivity index (χ0v) is 22.4. The van der Waals surface area contributed by atoms with E-state index in [2.05, 4.69) is 33.0 Å². The molecule has 2 amide bonds. The zero-order chi connectivity index (χ0) is 26.1. The predicted octanol–water partition coefficient (Wildman–Crippen LogP) is 6.39. The summed E-state index contributed by atoms with van der Waals surface area (Å²) < 4.78 is 1.75. The van der Waals surface area contributed by atoms with Gasteiger partial charge in [0.25, 0.3) is 5.91 Å². The lowest BCUT2D eigenvalue weighted by Gasteiger charge is -2.20. The van der Waals surface area contributed by atoms with Gasteiger partial charge < -0.3 is 10.2 Å². The Morgan fingerprint density at radius 1 is 0.944 bits per heavy atom.